The average molecular weight is 427 g/mol. The molecule has 30 heavy (non-hydrogen) atoms. The van der Waals surface area contributed by atoms with Gasteiger partial charge >= 0.3 is 5.97 Å². The predicted molar refractivity (Wildman–Crippen MR) is 115 cm³/mol. The second-order valence-electron chi connectivity index (χ2n) is 6.42. The molecule has 1 N–H and O–H groups in total. The topological polar surface area (TPSA) is 97.3 Å². The molecule has 1 atom stereocenters. The summed E-state index contributed by atoms with van der Waals surface area (Å²) in [7, 11) is 4.53. The third-order valence-electron chi connectivity index (χ3n) is 4.40. The molecule has 1 saturated heterocycles. The van der Waals surface area contributed by atoms with Gasteiger partial charge in [-0.3, -0.25) is 14.5 Å². The second kappa shape index (κ2) is 9.45. The standard InChI is InChI=1S/C21H21N3O5S/c1-24-19(26)17(30-21(24)23-15-8-10-16(28-2)11-9-15)12-18(25)22-14-6-4-13(5-7-14)20(27)29-3/h4-11,17H,12H2,1-3H3,(H,22,25)/t17-/m1/s1. The fourth-order valence-corrected chi connectivity index (χ4v) is 3.91. The highest BCUT2D eigenvalue weighted by atomic mass is 32.2. The first-order valence-electron chi connectivity index (χ1n) is 9.06. The van der Waals surface area contributed by atoms with E-state index in [9.17, 15) is 14.4 Å². The molecule has 2 aromatic rings. The summed E-state index contributed by atoms with van der Waals surface area (Å²) in [5.41, 5.74) is 1.61. The van der Waals surface area contributed by atoms with Crippen molar-refractivity contribution in [1.29, 1.82) is 0 Å². The summed E-state index contributed by atoms with van der Waals surface area (Å²) in [5, 5.41) is 2.72. The minimum atomic E-state index is -0.554. The molecule has 8 nitrogen and oxygen atoms in total. The smallest absolute Gasteiger partial charge is 0.337 e. The molecule has 2 aromatic carbocycles. The second-order valence-corrected chi connectivity index (χ2v) is 7.59. The number of methoxy groups -OCH3 is 2. The number of anilines is 1. The van der Waals surface area contributed by atoms with Crippen molar-refractivity contribution < 1.29 is 23.9 Å². The summed E-state index contributed by atoms with van der Waals surface area (Å²) in [6.07, 6.45) is 0.00816. The Morgan fingerprint density at radius 2 is 1.77 bits per heavy atom. The number of benzene rings is 2. The third-order valence-corrected chi connectivity index (χ3v) is 5.63. The lowest BCUT2D eigenvalue weighted by Gasteiger charge is -2.09. The van der Waals surface area contributed by atoms with Crippen LogP contribution in [-0.4, -0.2) is 54.4 Å². The van der Waals surface area contributed by atoms with E-state index in [0.29, 0.717) is 22.1 Å². The predicted octanol–water partition coefficient (Wildman–Crippen LogP) is 3.07. The summed E-state index contributed by atoms with van der Waals surface area (Å²) < 4.78 is 9.77. The molecular formula is C21H21N3O5S. The molecule has 1 aliphatic heterocycles. The SMILES string of the molecule is COC(=O)c1ccc(NC(=O)C[C@H]2SC(=Nc3ccc(OC)cc3)N(C)C2=O)cc1. The van der Waals surface area contributed by atoms with Crippen molar-refractivity contribution in [2.24, 2.45) is 4.99 Å². The Labute approximate surface area is 178 Å². The molecule has 1 heterocycles. The number of hydrogen-bond donors (Lipinski definition) is 1. The van der Waals surface area contributed by atoms with E-state index in [1.54, 1.807) is 62.7 Å². The van der Waals surface area contributed by atoms with Crippen LogP contribution < -0.4 is 10.1 Å². The third kappa shape index (κ3) is 4.98. The minimum absolute atomic E-state index is 0.00816. The van der Waals surface area contributed by atoms with E-state index in [4.69, 9.17) is 4.74 Å². The van der Waals surface area contributed by atoms with Crippen LogP contribution >= 0.6 is 11.8 Å². The van der Waals surface area contributed by atoms with Crippen LogP contribution in [0.4, 0.5) is 11.4 Å². The molecule has 0 aliphatic carbocycles. The van der Waals surface area contributed by atoms with E-state index < -0.39 is 11.2 Å². The van der Waals surface area contributed by atoms with E-state index in [1.165, 1.54) is 23.8 Å². The largest absolute Gasteiger partial charge is 0.497 e. The van der Waals surface area contributed by atoms with Gasteiger partial charge in [0, 0.05) is 19.2 Å². The normalized spacial score (nSPS) is 17.2. The van der Waals surface area contributed by atoms with Crippen LogP contribution in [0.1, 0.15) is 16.8 Å². The zero-order chi connectivity index (χ0) is 21.7. The van der Waals surface area contributed by atoms with Crippen molar-refractivity contribution in [3.8, 4) is 5.75 Å². The number of hydrogen-bond acceptors (Lipinski definition) is 7. The summed E-state index contributed by atoms with van der Waals surface area (Å²) in [6.45, 7) is 0. The van der Waals surface area contributed by atoms with Crippen LogP contribution in [-0.2, 0) is 14.3 Å². The van der Waals surface area contributed by atoms with Crippen LogP contribution in [0.3, 0.4) is 0 Å². The van der Waals surface area contributed by atoms with Crippen molar-refractivity contribution in [2.45, 2.75) is 11.7 Å². The number of carbonyl (C=O) groups excluding carboxylic acids is 3. The molecule has 0 bridgehead atoms. The lowest BCUT2D eigenvalue weighted by molar-refractivity contribution is -0.127. The summed E-state index contributed by atoms with van der Waals surface area (Å²) in [4.78, 5) is 42.3. The molecule has 9 heteroatoms. The van der Waals surface area contributed by atoms with E-state index in [-0.39, 0.29) is 18.2 Å². The van der Waals surface area contributed by atoms with Crippen molar-refractivity contribution in [3.05, 3.63) is 54.1 Å². The first-order chi connectivity index (χ1) is 14.4. The van der Waals surface area contributed by atoms with Gasteiger partial charge in [-0.1, -0.05) is 11.8 Å². The van der Waals surface area contributed by atoms with Crippen LogP contribution in [0.5, 0.6) is 5.75 Å². The fraction of sp³-hybridized carbons (Fsp3) is 0.238. The van der Waals surface area contributed by atoms with Crippen molar-refractivity contribution in [3.63, 3.8) is 0 Å². The zero-order valence-electron chi connectivity index (χ0n) is 16.7. The Kier molecular flexibility index (Phi) is 6.73. The van der Waals surface area contributed by atoms with Gasteiger partial charge in [-0.05, 0) is 48.5 Å². The zero-order valence-corrected chi connectivity index (χ0v) is 17.6. The van der Waals surface area contributed by atoms with E-state index in [2.05, 4.69) is 15.0 Å². The fourth-order valence-electron chi connectivity index (χ4n) is 2.75. The van der Waals surface area contributed by atoms with Crippen molar-refractivity contribution in [2.75, 3.05) is 26.6 Å². The molecule has 156 valence electrons. The highest BCUT2D eigenvalue weighted by Gasteiger charge is 2.37. The Morgan fingerprint density at radius 1 is 1.10 bits per heavy atom. The van der Waals surface area contributed by atoms with Gasteiger partial charge in [-0.25, -0.2) is 9.79 Å². The number of ether oxygens (including phenoxy) is 2. The molecule has 0 aromatic heterocycles. The van der Waals surface area contributed by atoms with Crippen LogP contribution in [0.15, 0.2) is 53.5 Å². The van der Waals surface area contributed by atoms with Gasteiger partial charge in [0.05, 0.1) is 25.5 Å². The number of amides is 2. The van der Waals surface area contributed by atoms with Gasteiger partial charge in [-0.15, -0.1) is 0 Å². The number of esters is 1. The highest BCUT2D eigenvalue weighted by Crippen LogP contribution is 2.31. The van der Waals surface area contributed by atoms with Crippen LogP contribution in [0, 0.1) is 0 Å². The summed E-state index contributed by atoms with van der Waals surface area (Å²) in [5.74, 6) is -0.210. The van der Waals surface area contributed by atoms with Crippen LogP contribution in [0.25, 0.3) is 0 Å². The molecule has 1 aliphatic rings. The van der Waals surface area contributed by atoms with Gasteiger partial charge in [0.2, 0.25) is 11.8 Å². The van der Waals surface area contributed by atoms with Gasteiger partial charge in [0.25, 0.3) is 0 Å². The lowest BCUT2D eigenvalue weighted by Crippen LogP contribution is -2.30. The van der Waals surface area contributed by atoms with Gasteiger partial charge in [0.1, 0.15) is 11.0 Å². The van der Waals surface area contributed by atoms with Crippen molar-refractivity contribution >= 4 is 46.1 Å². The summed E-state index contributed by atoms with van der Waals surface area (Å²) >= 11 is 1.25. The molecular weight excluding hydrogens is 406 g/mol. The molecule has 0 unspecified atom stereocenters. The number of rotatable bonds is 6. The monoisotopic (exact) mass is 427 g/mol. The molecule has 0 saturated carbocycles. The van der Waals surface area contributed by atoms with E-state index in [0.717, 1.165) is 5.75 Å². The molecule has 0 spiro atoms. The van der Waals surface area contributed by atoms with E-state index >= 15 is 0 Å². The molecule has 1 fully saturated rings. The number of aliphatic imine (C=N–C) groups is 1. The lowest BCUT2D eigenvalue weighted by atomic mass is 10.2. The molecule has 0 radical (unpaired) electrons. The van der Waals surface area contributed by atoms with Crippen LogP contribution in [0.2, 0.25) is 0 Å². The minimum Gasteiger partial charge on any atom is -0.497 e. The van der Waals surface area contributed by atoms with Gasteiger partial charge < -0.3 is 14.8 Å². The molecule has 3 rings (SSSR count). The Balaban J connectivity index is 1.62. The van der Waals surface area contributed by atoms with E-state index in [1.807, 2.05) is 0 Å². The Morgan fingerprint density at radius 3 is 2.37 bits per heavy atom. The number of amidine groups is 1. The first-order valence-corrected chi connectivity index (χ1v) is 9.94. The van der Waals surface area contributed by atoms with Gasteiger partial charge in [0.15, 0.2) is 5.17 Å². The number of thioether (sulfide) groups is 1. The van der Waals surface area contributed by atoms with Gasteiger partial charge in [-0.2, -0.15) is 0 Å². The maximum Gasteiger partial charge on any atom is 0.337 e. The highest BCUT2D eigenvalue weighted by molar-refractivity contribution is 8.15. The quantitative estimate of drug-likeness (QED) is 0.712. The Bertz CT molecular complexity index is 973. The van der Waals surface area contributed by atoms with Crippen molar-refractivity contribution in [1.82, 2.24) is 4.90 Å². The molecule has 2 amide bonds. The Hall–Kier alpha value is -3.33. The number of nitrogens with one attached hydrogen (secondary N) is 1. The first kappa shape index (κ1) is 21.4. The summed E-state index contributed by atoms with van der Waals surface area (Å²) in [6, 6.07) is 13.5. The maximum absolute atomic E-state index is 12.5. The maximum atomic E-state index is 12.5. The number of nitrogens with zero attached hydrogens (tertiary/aromatic N) is 2. The number of carbonyl (C=O) groups is 3. The average Bonchev–Trinajstić information content (AvgIpc) is 3.01.